The van der Waals surface area contributed by atoms with Crippen molar-refractivity contribution in [1.82, 2.24) is 0 Å². The fourth-order valence-corrected chi connectivity index (χ4v) is 2.67. The molecule has 5 nitrogen and oxygen atoms in total. The van der Waals surface area contributed by atoms with Crippen molar-refractivity contribution >= 4 is 11.6 Å². The van der Waals surface area contributed by atoms with Crippen LogP contribution in [-0.4, -0.2) is 32.2 Å². The quantitative estimate of drug-likeness (QED) is 0.893. The maximum Gasteiger partial charge on any atom is 0.234 e. The van der Waals surface area contributed by atoms with Gasteiger partial charge in [-0.2, -0.15) is 5.26 Å². The van der Waals surface area contributed by atoms with E-state index in [0.29, 0.717) is 45.6 Å². The summed E-state index contributed by atoms with van der Waals surface area (Å²) in [5, 5.41) is 8.84. The summed E-state index contributed by atoms with van der Waals surface area (Å²) in [6, 6.07) is 11.6. The molecule has 1 heterocycles. The summed E-state index contributed by atoms with van der Waals surface area (Å²) in [5.74, 6) is 0.00903. The highest BCUT2D eigenvalue weighted by molar-refractivity contribution is 5.97. The Bertz CT molecular complexity index is 504. The Balaban J connectivity index is 2.27. The van der Waals surface area contributed by atoms with Crippen molar-refractivity contribution in [2.75, 3.05) is 31.2 Å². The number of nitrogens with two attached hydrogens (primary N) is 1. The molecule has 1 aliphatic rings. The number of benzene rings is 1. The summed E-state index contributed by atoms with van der Waals surface area (Å²) in [5.41, 5.74) is 6.17. The summed E-state index contributed by atoms with van der Waals surface area (Å²) >= 11 is 0. The second-order valence-electron chi connectivity index (χ2n) is 5.30. The predicted molar refractivity (Wildman–Crippen MR) is 80.6 cm³/mol. The third kappa shape index (κ3) is 3.41. The lowest BCUT2D eigenvalue weighted by atomic mass is 9.78. The predicted octanol–water partition coefficient (Wildman–Crippen LogP) is 1.69. The van der Waals surface area contributed by atoms with Crippen molar-refractivity contribution in [3.05, 3.63) is 30.3 Å². The topological polar surface area (TPSA) is 79.4 Å². The normalized spacial score (nSPS) is 17.0. The first kappa shape index (κ1) is 15.5. The molecule has 0 aliphatic carbocycles. The van der Waals surface area contributed by atoms with E-state index in [9.17, 15) is 4.79 Å². The van der Waals surface area contributed by atoms with E-state index in [1.165, 1.54) is 0 Å². The average Bonchev–Trinajstić information content (AvgIpc) is 2.56. The number of amides is 1. The van der Waals surface area contributed by atoms with Crippen LogP contribution < -0.4 is 10.6 Å². The van der Waals surface area contributed by atoms with Gasteiger partial charge in [-0.25, -0.2) is 0 Å². The first-order valence-electron chi connectivity index (χ1n) is 7.25. The van der Waals surface area contributed by atoms with Crippen LogP contribution in [0.25, 0.3) is 0 Å². The Labute approximate surface area is 125 Å². The van der Waals surface area contributed by atoms with Crippen molar-refractivity contribution in [2.45, 2.75) is 19.3 Å². The number of anilines is 1. The molecule has 1 saturated heterocycles. The molecule has 2 N–H and O–H groups in total. The zero-order valence-electron chi connectivity index (χ0n) is 12.1. The van der Waals surface area contributed by atoms with Gasteiger partial charge >= 0.3 is 0 Å². The Morgan fingerprint density at radius 2 is 2.00 bits per heavy atom. The van der Waals surface area contributed by atoms with E-state index in [1.54, 1.807) is 4.90 Å². The highest BCUT2D eigenvalue weighted by Gasteiger charge is 2.41. The zero-order chi connectivity index (χ0) is 15.1. The van der Waals surface area contributed by atoms with Crippen LogP contribution in [0.3, 0.4) is 0 Å². The number of nitrogens with zero attached hydrogens (tertiary/aromatic N) is 2. The summed E-state index contributed by atoms with van der Waals surface area (Å²) in [6.45, 7) is 1.82. The molecule has 1 aliphatic heterocycles. The molecule has 1 amide bonds. The van der Waals surface area contributed by atoms with Crippen LogP contribution in [0.2, 0.25) is 0 Å². The molecular formula is C16H21N3O2. The van der Waals surface area contributed by atoms with E-state index < -0.39 is 5.41 Å². The van der Waals surface area contributed by atoms with Gasteiger partial charge in [-0.1, -0.05) is 18.2 Å². The Hall–Kier alpha value is -1.90. The molecule has 0 saturated carbocycles. The van der Waals surface area contributed by atoms with Crippen molar-refractivity contribution in [2.24, 2.45) is 11.1 Å². The van der Waals surface area contributed by atoms with Gasteiger partial charge in [0.2, 0.25) is 5.91 Å². The fourth-order valence-electron chi connectivity index (χ4n) is 2.67. The van der Waals surface area contributed by atoms with Gasteiger partial charge in [-0.15, -0.1) is 0 Å². The van der Waals surface area contributed by atoms with Crippen LogP contribution in [0.15, 0.2) is 30.3 Å². The van der Waals surface area contributed by atoms with Crippen molar-refractivity contribution in [3.63, 3.8) is 0 Å². The molecule has 0 aromatic heterocycles. The second kappa shape index (κ2) is 7.21. The number of carbonyl (C=O) groups excluding carboxylic acids is 1. The minimum absolute atomic E-state index is 0.00903. The van der Waals surface area contributed by atoms with Gasteiger partial charge in [0, 0.05) is 32.0 Å². The SMILES string of the molecule is N#CCCN(C(=O)C1(CN)CCOCC1)c1ccccc1. The maximum absolute atomic E-state index is 13.0. The van der Waals surface area contributed by atoms with Crippen LogP contribution in [0.4, 0.5) is 5.69 Å². The summed E-state index contributed by atoms with van der Waals surface area (Å²) in [7, 11) is 0. The molecule has 0 unspecified atom stereocenters. The molecule has 1 aromatic rings. The minimum Gasteiger partial charge on any atom is -0.381 e. The molecule has 5 heteroatoms. The third-order valence-corrected chi connectivity index (χ3v) is 4.05. The molecule has 0 spiro atoms. The third-order valence-electron chi connectivity index (χ3n) is 4.05. The van der Waals surface area contributed by atoms with Gasteiger partial charge in [0.05, 0.1) is 17.9 Å². The van der Waals surface area contributed by atoms with E-state index in [1.807, 2.05) is 30.3 Å². The highest BCUT2D eigenvalue weighted by Crippen LogP contribution is 2.33. The Kier molecular flexibility index (Phi) is 5.32. The summed E-state index contributed by atoms with van der Waals surface area (Å²) in [4.78, 5) is 14.7. The van der Waals surface area contributed by atoms with Gasteiger partial charge < -0.3 is 15.4 Å². The molecule has 1 fully saturated rings. The van der Waals surface area contributed by atoms with Crippen molar-refractivity contribution in [1.29, 1.82) is 5.26 Å². The van der Waals surface area contributed by atoms with E-state index in [4.69, 9.17) is 15.7 Å². The first-order valence-corrected chi connectivity index (χ1v) is 7.25. The van der Waals surface area contributed by atoms with Crippen LogP contribution in [0, 0.1) is 16.7 Å². The second-order valence-corrected chi connectivity index (χ2v) is 5.30. The number of ether oxygens (including phenoxy) is 1. The molecule has 2 rings (SSSR count). The van der Waals surface area contributed by atoms with Gasteiger partial charge in [-0.05, 0) is 25.0 Å². The highest BCUT2D eigenvalue weighted by atomic mass is 16.5. The smallest absolute Gasteiger partial charge is 0.234 e. The largest absolute Gasteiger partial charge is 0.381 e. The number of hydrogen-bond acceptors (Lipinski definition) is 4. The average molecular weight is 287 g/mol. The maximum atomic E-state index is 13.0. The molecule has 0 radical (unpaired) electrons. The molecule has 112 valence electrons. The summed E-state index contributed by atoms with van der Waals surface area (Å²) < 4.78 is 5.36. The zero-order valence-corrected chi connectivity index (χ0v) is 12.1. The molecule has 1 aromatic carbocycles. The van der Waals surface area contributed by atoms with Gasteiger partial charge in [0.1, 0.15) is 0 Å². The monoisotopic (exact) mass is 287 g/mol. The number of nitriles is 1. The molecule has 0 atom stereocenters. The van der Waals surface area contributed by atoms with Gasteiger partial charge in [0.25, 0.3) is 0 Å². The number of carbonyl (C=O) groups is 1. The Morgan fingerprint density at radius 1 is 1.33 bits per heavy atom. The first-order chi connectivity index (χ1) is 10.2. The van der Waals surface area contributed by atoms with E-state index in [-0.39, 0.29) is 5.91 Å². The number of hydrogen-bond donors (Lipinski definition) is 1. The van der Waals surface area contributed by atoms with Crippen molar-refractivity contribution < 1.29 is 9.53 Å². The van der Waals surface area contributed by atoms with Gasteiger partial charge in [0.15, 0.2) is 0 Å². The standard InChI is InChI=1S/C16H21N3O2/c17-9-4-10-19(14-5-2-1-3-6-14)15(20)16(13-18)7-11-21-12-8-16/h1-3,5-6H,4,7-8,10-13,18H2. The minimum atomic E-state index is -0.566. The van der Waals surface area contributed by atoms with Crippen molar-refractivity contribution in [3.8, 4) is 6.07 Å². The molecular weight excluding hydrogens is 266 g/mol. The number of para-hydroxylation sites is 1. The lowest BCUT2D eigenvalue weighted by Crippen LogP contribution is -2.51. The van der Waals surface area contributed by atoms with E-state index in [2.05, 4.69) is 6.07 Å². The van der Waals surface area contributed by atoms with Crippen LogP contribution in [0.1, 0.15) is 19.3 Å². The lowest BCUT2D eigenvalue weighted by Gasteiger charge is -2.38. The number of rotatable bonds is 5. The molecule has 21 heavy (non-hydrogen) atoms. The lowest BCUT2D eigenvalue weighted by molar-refractivity contribution is -0.133. The van der Waals surface area contributed by atoms with Crippen LogP contribution in [-0.2, 0) is 9.53 Å². The molecule has 0 bridgehead atoms. The van der Waals surface area contributed by atoms with Gasteiger partial charge in [-0.3, -0.25) is 4.79 Å². The van der Waals surface area contributed by atoms with Crippen LogP contribution in [0.5, 0.6) is 0 Å². The van der Waals surface area contributed by atoms with E-state index >= 15 is 0 Å². The van der Waals surface area contributed by atoms with Crippen LogP contribution >= 0.6 is 0 Å². The Morgan fingerprint density at radius 3 is 2.57 bits per heavy atom. The fraction of sp³-hybridized carbons (Fsp3) is 0.500. The van der Waals surface area contributed by atoms with E-state index in [0.717, 1.165) is 5.69 Å². The summed E-state index contributed by atoms with van der Waals surface area (Å²) in [6.07, 6.45) is 1.58.